The van der Waals surface area contributed by atoms with Gasteiger partial charge >= 0.3 is 0 Å². The van der Waals surface area contributed by atoms with Crippen LogP contribution in [0.15, 0.2) is 18.2 Å². The number of benzene rings is 1. The zero-order chi connectivity index (χ0) is 13.2. The van der Waals surface area contributed by atoms with Crippen LogP contribution < -0.4 is 5.32 Å². The molecule has 0 saturated carbocycles. The molecule has 2 rings (SSSR count). The molecule has 0 bridgehead atoms. The van der Waals surface area contributed by atoms with Gasteiger partial charge in [-0.05, 0) is 36.6 Å². The van der Waals surface area contributed by atoms with Gasteiger partial charge in [0.15, 0.2) is 9.84 Å². The van der Waals surface area contributed by atoms with Crippen LogP contribution in [0.25, 0.3) is 0 Å². The molecule has 1 heterocycles. The summed E-state index contributed by atoms with van der Waals surface area (Å²) in [6.07, 6.45) is 1.53. The third-order valence-corrected chi connectivity index (χ3v) is 5.80. The van der Waals surface area contributed by atoms with Crippen LogP contribution >= 0.6 is 23.2 Å². The first kappa shape index (κ1) is 14.1. The van der Waals surface area contributed by atoms with Crippen molar-refractivity contribution < 1.29 is 8.42 Å². The number of nitrogens with one attached hydrogen (secondary N) is 1. The normalized spacial score (nSPS) is 22.2. The second kappa shape index (κ2) is 5.78. The van der Waals surface area contributed by atoms with E-state index in [1.807, 2.05) is 12.1 Å². The summed E-state index contributed by atoms with van der Waals surface area (Å²) in [5.74, 6) is 0.322. The van der Waals surface area contributed by atoms with E-state index >= 15 is 0 Å². The van der Waals surface area contributed by atoms with E-state index in [0.29, 0.717) is 28.9 Å². The Hall–Kier alpha value is -0.290. The highest BCUT2D eigenvalue weighted by molar-refractivity contribution is 7.92. The molecule has 100 valence electrons. The van der Waals surface area contributed by atoms with Gasteiger partial charge in [-0.3, -0.25) is 0 Å². The lowest BCUT2D eigenvalue weighted by Crippen LogP contribution is -2.30. The fourth-order valence-electron chi connectivity index (χ4n) is 2.18. The van der Waals surface area contributed by atoms with Gasteiger partial charge in [-0.1, -0.05) is 23.2 Å². The zero-order valence-corrected chi connectivity index (χ0v) is 12.2. The first-order valence-corrected chi connectivity index (χ1v) is 8.32. The van der Waals surface area contributed by atoms with Crippen LogP contribution in [-0.2, 0) is 16.4 Å². The third kappa shape index (κ3) is 3.60. The van der Waals surface area contributed by atoms with Crippen molar-refractivity contribution in [3.05, 3.63) is 33.8 Å². The summed E-state index contributed by atoms with van der Waals surface area (Å²) in [4.78, 5) is 0. The van der Waals surface area contributed by atoms with Crippen LogP contribution in [0, 0.1) is 0 Å². The lowest BCUT2D eigenvalue weighted by molar-refractivity contribution is 0.574. The van der Waals surface area contributed by atoms with E-state index in [1.165, 1.54) is 0 Å². The van der Waals surface area contributed by atoms with E-state index in [1.54, 1.807) is 6.07 Å². The van der Waals surface area contributed by atoms with Crippen LogP contribution in [0.5, 0.6) is 0 Å². The van der Waals surface area contributed by atoms with Gasteiger partial charge in [0.25, 0.3) is 0 Å². The first-order valence-electron chi connectivity index (χ1n) is 5.84. The molecule has 3 nitrogen and oxygen atoms in total. The fraction of sp³-hybridized carbons (Fsp3) is 0.500. The van der Waals surface area contributed by atoms with Gasteiger partial charge < -0.3 is 5.32 Å². The summed E-state index contributed by atoms with van der Waals surface area (Å²) >= 11 is 11.8. The van der Waals surface area contributed by atoms with Crippen LogP contribution in [0.2, 0.25) is 10.0 Å². The number of hydrogen-bond donors (Lipinski definition) is 1. The summed E-state index contributed by atoms with van der Waals surface area (Å²) < 4.78 is 23.3. The topological polar surface area (TPSA) is 46.2 Å². The van der Waals surface area contributed by atoms with Crippen molar-refractivity contribution in [2.45, 2.75) is 24.6 Å². The molecule has 0 amide bonds. The molecule has 18 heavy (non-hydrogen) atoms. The predicted octanol–water partition coefficient (Wildman–Crippen LogP) is 2.66. The Labute approximate surface area is 117 Å². The minimum absolute atomic E-state index is 0.243. The number of halogens is 2. The first-order chi connectivity index (χ1) is 8.47. The summed E-state index contributed by atoms with van der Waals surface area (Å²) in [5.41, 5.74) is 0.961. The molecule has 1 aromatic carbocycles. The summed E-state index contributed by atoms with van der Waals surface area (Å²) in [6, 6.07) is 5.32. The maximum absolute atomic E-state index is 11.6. The molecule has 1 aliphatic heterocycles. The number of rotatable bonds is 4. The van der Waals surface area contributed by atoms with Crippen LogP contribution in [0.3, 0.4) is 0 Å². The predicted molar refractivity (Wildman–Crippen MR) is 75.0 cm³/mol. The van der Waals surface area contributed by atoms with E-state index in [0.717, 1.165) is 18.4 Å². The molecule has 1 aliphatic rings. The Morgan fingerprint density at radius 3 is 2.44 bits per heavy atom. The van der Waals surface area contributed by atoms with Crippen LogP contribution in [-0.4, -0.2) is 26.0 Å². The molecule has 1 unspecified atom stereocenters. The minimum atomic E-state index is -2.87. The van der Waals surface area contributed by atoms with Crippen molar-refractivity contribution in [2.24, 2.45) is 0 Å². The van der Waals surface area contributed by atoms with Crippen LogP contribution in [0.1, 0.15) is 18.4 Å². The molecular formula is C12H15Cl2NO2S. The largest absolute Gasteiger partial charge is 0.311 e. The third-order valence-electron chi connectivity index (χ3n) is 3.09. The molecule has 0 aromatic heterocycles. The lowest BCUT2D eigenvalue weighted by atomic mass is 10.2. The van der Waals surface area contributed by atoms with Gasteiger partial charge in [0, 0.05) is 23.1 Å². The Balaban J connectivity index is 1.89. The van der Waals surface area contributed by atoms with Gasteiger partial charge in [-0.25, -0.2) is 8.42 Å². The van der Waals surface area contributed by atoms with E-state index < -0.39 is 9.84 Å². The minimum Gasteiger partial charge on any atom is -0.311 e. The smallest absolute Gasteiger partial charge is 0.154 e. The quantitative estimate of drug-likeness (QED) is 0.930. The second-order valence-electron chi connectivity index (χ2n) is 4.54. The molecule has 1 fully saturated rings. The maximum Gasteiger partial charge on any atom is 0.154 e. The van der Waals surface area contributed by atoms with Gasteiger partial charge in [0.05, 0.1) is 11.0 Å². The monoisotopic (exact) mass is 307 g/mol. The summed E-state index contributed by atoms with van der Waals surface area (Å²) in [5, 5.41) is 4.09. The van der Waals surface area contributed by atoms with E-state index in [4.69, 9.17) is 23.2 Å². The SMILES string of the molecule is O=S1(=O)CCCC1CNCc1cc(Cl)cc(Cl)c1. The highest BCUT2D eigenvalue weighted by atomic mass is 35.5. The highest BCUT2D eigenvalue weighted by Crippen LogP contribution is 2.20. The number of sulfone groups is 1. The molecule has 1 atom stereocenters. The summed E-state index contributed by atoms with van der Waals surface area (Å²) in [7, 11) is -2.87. The van der Waals surface area contributed by atoms with Gasteiger partial charge in [0.2, 0.25) is 0 Å². The molecular weight excluding hydrogens is 293 g/mol. The molecule has 1 N–H and O–H groups in total. The molecule has 0 spiro atoms. The Morgan fingerprint density at radius 2 is 1.89 bits per heavy atom. The van der Waals surface area contributed by atoms with E-state index in [-0.39, 0.29) is 5.25 Å². The van der Waals surface area contributed by atoms with E-state index in [2.05, 4.69) is 5.32 Å². The van der Waals surface area contributed by atoms with Crippen molar-refractivity contribution in [1.29, 1.82) is 0 Å². The molecule has 1 aromatic rings. The number of hydrogen-bond acceptors (Lipinski definition) is 3. The zero-order valence-electron chi connectivity index (χ0n) is 9.83. The standard InChI is InChI=1S/C12H15Cl2NO2S/c13-10-4-9(5-11(14)6-10)7-15-8-12-2-1-3-18(12,16)17/h4-6,12,15H,1-3,7-8H2. The Bertz CT molecular complexity index is 511. The Kier molecular flexibility index (Phi) is 4.54. The van der Waals surface area contributed by atoms with Crippen molar-refractivity contribution in [3.8, 4) is 0 Å². The fourth-order valence-corrected chi connectivity index (χ4v) is 4.55. The highest BCUT2D eigenvalue weighted by Gasteiger charge is 2.30. The lowest BCUT2D eigenvalue weighted by Gasteiger charge is -2.11. The van der Waals surface area contributed by atoms with Crippen molar-refractivity contribution in [3.63, 3.8) is 0 Å². The van der Waals surface area contributed by atoms with Crippen molar-refractivity contribution >= 4 is 33.0 Å². The average molecular weight is 308 g/mol. The van der Waals surface area contributed by atoms with Gasteiger partial charge in [-0.2, -0.15) is 0 Å². The summed E-state index contributed by atoms with van der Waals surface area (Å²) in [6.45, 7) is 1.07. The van der Waals surface area contributed by atoms with Gasteiger partial charge in [-0.15, -0.1) is 0 Å². The second-order valence-corrected chi connectivity index (χ2v) is 7.81. The van der Waals surface area contributed by atoms with Crippen LogP contribution in [0.4, 0.5) is 0 Å². The van der Waals surface area contributed by atoms with Crippen molar-refractivity contribution in [2.75, 3.05) is 12.3 Å². The van der Waals surface area contributed by atoms with E-state index in [9.17, 15) is 8.42 Å². The van der Waals surface area contributed by atoms with Gasteiger partial charge in [0.1, 0.15) is 0 Å². The molecule has 0 radical (unpaired) electrons. The van der Waals surface area contributed by atoms with Crippen molar-refractivity contribution in [1.82, 2.24) is 5.32 Å². The molecule has 0 aliphatic carbocycles. The molecule has 6 heteroatoms. The average Bonchev–Trinajstić information content (AvgIpc) is 2.57. The Morgan fingerprint density at radius 1 is 1.22 bits per heavy atom. The molecule has 1 saturated heterocycles. The maximum atomic E-state index is 11.6.